The second-order valence-electron chi connectivity index (χ2n) is 6.77. The molecular weight excluding hydrogens is 424 g/mol. The Kier molecular flexibility index (Phi) is 6.76. The number of nitrogens with zero attached hydrogens (tertiary/aromatic N) is 3. The number of ether oxygens (including phenoxy) is 3. The van der Waals surface area contributed by atoms with Gasteiger partial charge >= 0.3 is 11.6 Å². The van der Waals surface area contributed by atoms with Gasteiger partial charge in [-0.05, 0) is 29.7 Å². The molecule has 0 radical (unpaired) electrons. The van der Waals surface area contributed by atoms with E-state index in [4.69, 9.17) is 25.8 Å². The van der Waals surface area contributed by atoms with Crippen molar-refractivity contribution in [2.24, 2.45) is 0 Å². The van der Waals surface area contributed by atoms with Crippen LogP contribution < -0.4 is 19.5 Å². The predicted octanol–water partition coefficient (Wildman–Crippen LogP) is 5.71. The van der Waals surface area contributed by atoms with Crippen LogP contribution in [0.4, 0.5) is 17.2 Å². The molecule has 9 nitrogen and oxygen atoms in total. The summed E-state index contributed by atoms with van der Waals surface area (Å²) in [4.78, 5) is 19.2. The fraction of sp³-hybridized carbons (Fsp3) is 0.238. The number of rotatable bonds is 8. The largest absolute Gasteiger partial charge is 0.495 e. The van der Waals surface area contributed by atoms with E-state index in [0.29, 0.717) is 33.9 Å². The zero-order valence-corrected chi connectivity index (χ0v) is 18.1. The fourth-order valence-electron chi connectivity index (χ4n) is 2.81. The first-order valence-electron chi connectivity index (χ1n) is 9.29. The average molecular weight is 445 g/mol. The van der Waals surface area contributed by atoms with Gasteiger partial charge in [0, 0.05) is 6.07 Å². The number of benzene rings is 2. The Bertz CT molecular complexity index is 1090. The van der Waals surface area contributed by atoms with E-state index >= 15 is 0 Å². The van der Waals surface area contributed by atoms with Crippen LogP contribution in [0.5, 0.6) is 23.1 Å². The first-order valence-corrected chi connectivity index (χ1v) is 9.67. The summed E-state index contributed by atoms with van der Waals surface area (Å²) in [5, 5.41) is 15.0. The minimum Gasteiger partial charge on any atom is -0.495 e. The summed E-state index contributed by atoms with van der Waals surface area (Å²) in [5.74, 6) is 1.26. The molecule has 0 aliphatic carbocycles. The molecule has 10 heteroatoms. The van der Waals surface area contributed by atoms with Crippen LogP contribution in [-0.2, 0) is 0 Å². The molecule has 0 saturated heterocycles. The Hall–Kier alpha value is -3.59. The van der Waals surface area contributed by atoms with E-state index in [1.54, 1.807) is 18.2 Å². The molecule has 2 aromatic carbocycles. The van der Waals surface area contributed by atoms with Crippen molar-refractivity contribution in [3.63, 3.8) is 0 Å². The van der Waals surface area contributed by atoms with E-state index in [2.05, 4.69) is 29.1 Å². The maximum absolute atomic E-state index is 11.8. The third kappa shape index (κ3) is 4.95. The molecule has 162 valence electrons. The van der Waals surface area contributed by atoms with Crippen LogP contribution in [0, 0.1) is 10.1 Å². The first kappa shape index (κ1) is 22.1. The smallest absolute Gasteiger partial charge is 0.373 e. The molecule has 0 atom stereocenters. The highest BCUT2D eigenvalue weighted by atomic mass is 35.5. The van der Waals surface area contributed by atoms with E-state index in [1.807, 2.05) is 12.1 Å². The highest BCUT2D eigenvalue weighted by Gasteiger charge is 2.26. The van der Waals surface area contributed by atoms with E-state index in [0.717, 1.165) is 5.56 Å². The fourth-order valence-corrected chi connectivity index (χ4v) is 3.05. The number of nitro groups is 1. The summed E-state index contributed by atoms with van der Waals surface area (Å²) in [6.45, 7) is 4.14. The molecule has 0 unspecified atom stereocenters. The lowest BCUT2D eigenvalue weighted by molar-refractivity contribution is -0.385. The predicted molar refractivity (Wildman–Crippen MR) is 117 cm³/mol. The van der Waals surface area contributed by atoms with Crippen molar-refractivity contribution in [2.45, 2.75) is 19.8 Å². The molecule has 0 spiro atoms. The zero-order chi connectivity index (χ0) is 22.5. The van der Waals surface area contributed by atoms with Crippen LogP contribution in [0.2, 0.25) is 5.02 Å². The van der Waals surface area contributed by atoms with Crippen molar-refractivity contribution in [2.75, 3.05) is 19.5 Å². The third-order valence-corrected chi connectivity index (χ3v) is 4.75. The number of hydrogen-bond donors (Lipinski definition) is 1. The minimum absolute atomic E-state index is 0.0756. The van der Waals surface area contributed by atoms with Crippen LogP contribution in [-0.4, -0.2) is 29.1 Å². The van der Waals surface area contributed by atoms with Gasteiger partial charge in [0.1, 0.15) is 23.6 Å². The highest BCUT2D eigenvalue weighted by molar-refractivity contribution is 6.32. The summed E-state index contributed by atoms with van der Waals surface area (Å²) in [6, 6.07) is 10.4. The van der Waals surface area contributed by atoms with E-state index in [-0.39, 0.29) is 11.7 Å². The maximum atomic E-state index is 11.8. The highest BCUT2D eigenvalue weighted by Crippen LogP contribution is 2.40. The molecule has 0 aliphatic rings. The summed E-state index contributed by atoms with van der Waals surface area (Å²) >= 11 is 6.19. The van der Waals surface area contributed by atoms with Crippen LogP contribution in [0.3, 0.4) is 0 Å². The number of anilines is 2. The second-order valence-corrected chi connectivity index (χ2v) is 7.18. The topological polar surface area (TPSA) is 109 Å². The van der Waals surface area contributed by atoms with E-state index < -0.39 is 10.6 Å². The Labute approximate surface area is 184 Å². The van der Waals surface area contributed by atoms with Crippen molar-refractivity contribution >= 4 is 28.8 Å². The van der Waals surface area contributed by atoms with Crippen molar-refractivity contribution in [3.05, 3.63) is 63.4 Å². The molecule has 3 rings (SSSR count). The number of methoxy groups -OCH3 is 2. The lowest BCUT2D eigenvalue weighted by atomic mass is 10.0. The second kappa shape index (κ2) is 9.48. The van der Waals surface area contributed by atoms with Gasteiger partial charge < -0.3 is 19.5 Å². The standard InChI is InChI=1S/C21H21ClN4O5/c1-12(2)13-5-7-14(8-6-13)31-21-19(26(27)28)20(23-11-24-21)25-16-9-15(22)17(29-3)10-18(16)30-4/h5-12H,1-4H3,(H,23,24,25). The molecule has 0 fully saturated rings. The van der Waals surface area contributed by atoms with Gasteiger partial charge in [0.2, 0.25) is 5.82 Å². The van der Waals surface area contributed by atoms with Gasteiger partial charge in [0.25, 0.3) is 0 Å². The SMILES string of the molecule is COc1cc(OC)c(Nc2ncnc(Oc3ccc(C(C)C)cc3)c2[N+](=O)[O-])cc1Cl. The molecule has 1 heterocycles. The normalized spacial score (nSPS) is 10.6. The monoisotopic (exact) mass is 444 g/mol. The Morgan fingerprint density at radius 2 is 1.74 bits per heavy atom. The third-order valence-electron chi connectivity index (χ3n) is 4.46. The number of halogens is 1. The molecule has 1 aromatic heterocycles. The number of nitrogens with one attached hydrogen (secondary N) is 1. The summed E-state index contributed by atoms with van der Waals surface area (Å²) in [5.41, 5.74) is 1.06. The van der Waals surface area contributed by atoms with Gasteiger partial charge in [-0.1, -0.05) is 37.6 Å². The van der Waals surface area contributed by atoms with Crippen LogP contribution in [0.15, 0.2) is 42.7 Å². The van der Waals surface area contributed by atoms with Gasteiger partial charge in [0.05, 0.1) is 29.9 Å². The Balaban J connectivity index is 1.97. The van der Waals surface area contributed by atoms with Crippen LogP contribution in [0.1, 0.15) is 25.3 Å². The molecule has 0 aliphatic heterocycles. The molecular formula is C21H21ClN4O5. The minimum atomic E-state index is -0.613. The van der Waals surface area contributed by atoms with Gasteiger partial charge in [-0.3, -0.25) is 10.1 Å². The first-order chi connectivity index (χ1) is 14.8. The van der Waals surface area contributed by atoms with Crippen LogP contribution in [0.25, 0.3) is 0 Å². The lowest BCUT2D eigenvalue weighted by Gasteiger charge is -2.14. The molecule has 0 amide bonds. The van der Waals surface area contributed by atoms with Gasteiger partial charge in [-0.2, -0.15) is 4.98 Å². The van der Waals surface area contributed by atoms with Crippen LogP contribution >= 0.6 is 11.6 Å². The van der Waals surface area contributed by atoms with Crippen molar-refractivity contribution in [3.8, 4) is 23.1 Å². The van der Waals surface area contributed by atoms with Crippen molar-refractivity contribution < 1.29 is 19.1 Å². The average Bonchev–Trinajstić information content (AvgIpc) is 2.74. The lowest BCUT2D eigenvalue weighted by Crippen LogP contribution is -2.04. The molecule has 1 N–H and O–H groups in total. The zero-order valence-electron chi connectivity index (χ0n) is 17.4. The van der Waals surface area contributed by atoms with Crippen molar-refractivity contribution in [1.29, 1.82) is 0 Å². The summed E-state index contributed by atoms with van der Waals surface area (Å²) in [6.07, 6.45) is 1.17. The van der Waals surface area contributed by atoms with Gasteiger partial charge in [-0.15, -0.1) is 0 Å². The molecule has 0 bridgehead atoms. The Morgan fingerprint density at radius 1 is 1.06 bits per heavy atom. The summed E-state index contributed by atoms with van der Waals surface area (Å²) in [7, 11) is 2.93. The van der Waals surface area contributed by atoms with E-state index in [9.17, 15) is 10.1 Å². The van der Waals surface area contributed by atoms with E-state index in [1.165, 1.54) is 26.6 Å². The van der Waals surface area contributed by atoms with Gasteiger partial charge in [0.15, 0.2) is 0 Å². The maximum Gasteiger partial charge on any atom is 0.373 e. The molecule has 0 saturated carbocycles. The number of aromatic nitrogens is 2. The summed E-state index contributed by atoms with van der Waals surface area (Å²) < 4.78 is 16.2. The number of hydrogen-bond acceptors (Lipinski definition) is 8. The van der Waals surface area contributed by atoms with Gasteiger partial charge in [-0.25, -0.2) is 4.98 Å². The quantitative estimate of drug-likeness (QED) is 0.347. The Morgan fingerprint density at radius 3 is 2.32 bits per heavy atom. The molecule has 31 heavy (non-hydrogen) atoms. The molecule has 3 aromatic rings. The van der Waals surface area contributed by atoms with Crippen molar-refractivity contribution in [1.82, 2.24) is 9.97 Å².